The van der Waals surface area contributed by atoms with E-state index in [0.29, 0.717) is 51.6 Å². The molecule has 2 rings (SSSR count). The molecule has 1 saturated heterocycles. The zero-order chi connectivity index (χ0) is 18.1. The van der Waals surface area contributed by atoms with Crippen LogP contribution in [-0.4, -0.2) is 78.3 Å². The number of rotatable bonds is 9. The van der Waals surface area contributed by atoms with E-state index in [1.54, 1.807) is 7.11 Å². The Hall–Kier alpha value is -1.23. The summed E-state index contributed by atoms with van der Waals surface area (Å²) >= 11 is 0. The molecule has 0 saturated carbocycles. The second-order valence-electron chi connectivity index (χ2n) is 5.54. The first kappa shape index (κ1) is 22.8. The van der Waals surface area contributed by atoms with Crippen LogP contribution in [0.2, 0.25) is 0 Å². The topological polar surface area (TPSA) is 97.0 Å². The van der Waals surface area contributed by atoms with E-state index in [1.165, 1.54) is 28.6 Å². The Morgan fingerprint density at radius 1 is 1.15 bits per heavy atom. The molecule has 1 aromatic rings. The lowest BCUT2D eigenvalue weighted by Crippen LogP contribution is -2.40. The molecule has 1 aliphatic heterocycles. The zero-order valence-corrected chi connectivity index (χ0v) is 16.4. The lowest BCUT2D eigenvalue weighted by molar-refractivity contribution is 0.0730. The van der Waals surface area contributed by atoms with Crippen LogP contribution in [0.5, 0.6) is 0 Å². The van der Waals surface area contributed by atoms with Gasteiger partial charge in [0.05, 0.1) is 24.7 Å². The number of amides is 1. The Kier molecular flexibility index (Phi) is 10.1. The minimum absolute atomic E-state index is 0. The molecule has 26 heavy (non-hydrogen) atoms. The summed E-state index contributed by atoms with van der Waals surface area (Å²) in [6, 6.07) is 6.00. The van der Waals surface area contributed by atoms with Crippen molar-refractivity contribution >= 4 is 28.3 Å². The first-order chi connectivity index (χ1) is 12.1. The smallest absolute Gasteiger partial charge is 0.251 e. The molecule has 0 aliphatic carbocycles. The SMILES string of the molecule is COCCNCCNC(=O)c1ccc(S(=O)(=O)N2CCOCC2)cc1.Cl. The molecular weight excluding hydrogens is 382 g/mol. The Morgan fingerprint density at radius 2 is 1.81 bits per heavy atom. The van der Waals surface area contributed by atoms with Crippen LogP contribution in [-0.2, 0) is 19.5 Å². The van der Waals surface area contributed by atoms with Crippen LogP contribution in [0.15, 0.2) is 29.2 Å². The van der Waals surface area contributed by atoms with Gasteiger partial charge in [0.1, 0.15) is 0 Å². The van der Waals surface area contributed by atoms with Crippen molar-refractivity contribution in [3.63, 3.8) is 0 Å². The molecule has 148 valence electrons. The standard InChI is InChI=1S/C16H25N3O5S.ClH/c1-23-11-8-17-6-7-18-16(20)14-2-4-15(5-3-14)25(21,22)19-9-12-24-13-10-19;/h2-5,17H,6-13H2,1H3,(H,18,20);1H. The van der Waals surface area contributed by atoms with Gasteiger partial charge < -0.3 is 20.1 Å². The maximum atomic E-state index is 12.5. The van der Waals surface area contributed by atoms with E-state index in [-0.39, 0.29) is 23.2 Å². The van der Waals surface area contributed by atoms with Gasteiger partial charge in [-0.2, -0.15) is 4.31 Å². The highest BCUT2D eigenvalue weighted by Crippen LogP contribution is 2.17. The third kappa shape index (κ3) is 6.49. The number of ether oxygens (including phenoxy) is 2. The number of nitrogens with zero attached hydrogens (tertiary/aromatic N) is 1. The maximum absolute atomic E-state index is 12.5. The highest BCUT2D eigenvalue weighted by Gasteiger charge is 2.26. The molecule has 1 heterocycles. The molecule has 8 nitrogen and oxygen atoms in total. The fraction of sp³-hybridized carbons (Fsp3) is 0.562. The second kappa shape index (κ2) is 11.5. The van der Waals surface area contributed by atoms with Crippen LogP contribution >= 0.6 is 12.4 Å². The summed E-state index contributed by atoms with van der Waals surface area (Å²) < 4.78 is 36.5. The number of nitrogens with one attached hydrogen (secondary N) is 2. The molecule has 0 bridgehead atoms. The van der Waals surface area contributed by atoms with E-state index in [0.717, 1.165) is 6.54 Å². The van der Waals surface area contributed by atoms with Crippen LogP contribution in [0.3, 0.4) is 0 Å². The predicted octanol–water partition coefficient (Wildman–Crippen LogP) is 0.0951. The number of hydrogen-bond donors (Lipinski definition) is 2. The molecule has 0 spiro atoms. The van der Waals surface area contributed by atoms with Crippen molar-refractivity contribution in [1.82, 2.24) is 14.9 Å². The number of halogens is 1. The molecular formula is C16H26ClN3O5S. The van der Waals surface area contributed by atoms with E-state index in [1.807, 2.05) is 0 Å². The van der Waals surface area contributed by atoms with Gasteiger partial charge in [-0.3, -0.25) is 4.79 Å². The summed E-state index contributed by atoms with van der Waals surface area (Å²) in [4.78, 5) is 12.2. The van der Waals surface area contributed by atoms with E-state index in [9.17, 15) is 13.2 Å². The Labute approximate surface area is 160 Å². The monoisotopic (exact) mass is 407 g/mol. The second-order valence-corrected chi connectivity index (χ2v) is 7.48. The number of carbonyl (C=O) groups is 1. The van der Waals surface area contributed by atoms with Crippen molar-refractivity contribution in [1.29, 1.82) is 0 Å². The minimum Gasteiger partial charge on any atom is -0.383 e. The Balaban J connectivity index is 0.00000338. The zero-order valence-electron chi connectivity index (χ0n) is 14.8. The summed E-state index contributed by atoms with van der Waals surface area (Å²) in [7, 11) is -1.90. The maximum Gasteiger partial charge on any atom is 0.251 e. The largest absolute Gasteiger partial charge is 0.383 e. The molecule has 0 atom stereocenters. The third-order valence-electron chi connectivity index (χ3n) is 3.79. The average Bonchev–Trinajstić information content (AvgIpc) is 2.65. The molecule has 1 fully saturated rings. The van der Waals surface area contributed by atoms with Gasteiger partial charge in [0.25, 0.3) is 5.91 Å². The van der Waals surface area contributed by atoms with Crippen LogP contribution in [0, 0.1) is 0 Å². The number of carbonyl (C=O) groups excluding carboxylic acids is 1. The molecule has 0 unspecified atom stereocenters. The van der Waals surface area contributed by atoms with Gasteiger partial charge in [0.15, 0.2) is 0 Å². The molecule has 1 aliphatic rings. The summed E-state index contributed by atoms with van der Waals surface area (Å²) in [5.41, 5.74) is 0.429. The molecule has 1 amide bonds. The summed E-state index contributed by atoms with van der Waals surface area (Å²) in [5, 5.41) is 5.90. The van der Waals surface area contributed by atoms with Crippen molar-refractivity contribution in [2.24, 2.45) is 0 Å². The number of morpholine rings is 1. The lowest BCUT2D eigenvalue weighted by Gasteiger charge is -2.26. The van der Waals surface area contributed by atoms with Gasteiger partial charge in [-0.05, 0) is 24.3 Å². The summed E-state index contributed by atoms with van der Waals surface area (Å²) in [5.74, 6) is -0.233. The summed E-state index contributed by atoms with van der Waals surface area (Å²) in [6.45, 7) is 3.96. The average molecular weight is 408 g/mol. The lowest BCUT2D eigenvalue weighted by atomic mass is 10.2. The van der Waals surface area contributed by atoms with Crippen LogP contribution in [0.1, 0.15) is 10.4 Å². The number of hydrogen-bond acceptors (Lipinski definition) is 6. The fourth-order valence-corrected chi connectivity index (χ4v) is 3.79. The fourth-order valence-electron chi connectivity index (χ4n) is 2.38. The van der Waals surface area contributed by atoms with Gasteiger partial charge in [-0.15, -0.1) is 12.4 Å². The molecule has 0 aromatic heterocycles. The third-order valence-corrected chi connectivity index (χ3v) is 5.71. The Bertz CT molecular complexity index is 648. The number of methoxy groups -OCH3 is 1. The molecule has 10 heteroatoms. The van der Waals surface area contributed by atoms with E-state index in [4.69, 9.17) is 9.47 Å². The quantitative estimate of drug-likeness (QED) is 0.563. The van der Waals surface area contributed by atoms with Crippen LogP contribution in [0.4, 0.5) is 0 Å². The van der Waals surface area contributed by atoms with Gasteiger partial charge in [0.2, 0.25) is 10.0 Å². The van der Waals surface area contributed by atoms with Gasteiger partial charge >= 0.3 is 0 Å². The number of benzene rings is 1. The van der Waals surface area contributed by atoms with Crippen molar-refractivity contribution in [3.05, 3.63) is 29.8 Å². The highest BCUT2D eigenvalue weighted by molar-refractivity contribution is 7.89. The minimum atomic E-state index is -3.53. The van der Waals surface area contributed by atoms with Crippen molar-refractivity contribution in [2.45, 2.75) is 4.90 Å². The van der Waals surface area contributed by atoms with Crippen molar-refractivity contribution < 1.29 is 22.7 Å². The van der Waals surface area contributed by atoms with Crippen LogP contribution in [0.25, 0.3) is 0 Å². The van der Waals surface area contributed by atoms with Crippen molar-refractivity contribution in [3.8, 4) is 0 Å². The Morgan fingerprint density at radius 3 is 2.42 bits per heavy atom. The van der Waals surface area contributed by atoms with Gasteiger partial charge in [-0.1, -0.05) is 0 Å². The van der Waals surface area contributed by atoms with Gasteiger partial charge in [-0.25, -0.2) is 8.42 Å². The molecule has 0 radical (unpaired) electrons. The highest BCUT2D eigenvalue weighted by atomic mass is 35.5. The molecule has 1 aromatic carbocycles. The van der Waals surface area contributed by atoms with E-state index in [2.05, 4.69) is 10.6 Å². The summed E-state index contributed by atoms with van der Waals surface area (Å²) in [6.07, 6.45) is 0. The predicted molar refractivity (Wildman–Crippen MR) is 100 cm³/mol. The van der Waals surface area contributed by atoms with Gasteiger partial charge in [0, 0.05) is 45.4 Å². The van der Waals surface area contributed by atoms with Crippen molar-refractivity contribution in [2.75, 3.05) is 59.7 Å². The normalized spacial score (nSPS) is 15.3. The van der Waals surface area contributed by atoms with Crippen LogP contribution < -0.4 is 10.6 Å². The van der Waals surface area contributed by atoms with E-state index < -0.39 is 10.0 Å². The molecule has 2 N–H and O–H groups in total. The first-order valence-electron chi connectivity index (χ1n) is 8.21. The number of sulfonamides is 1. The first-order valence-corrected chi connectivity index (χ1v) is 9.65. The van der Waals surface area contributed by atoms with E-state index >= 15 is 0 Å².